The number of fused-ring (bicyclic) bond motifs is 1. The highest BCUT2D eigenvalue weighted by atomic mass is 35.5. The van der Waals surface area contributed by atoms with Crippen LogP contribution >= 0.6 is 35.0 Å². The number of thioether (sulfide) groups is 1. The number of amides is 2. The number of nitrogens with one attached hydrogen (secondary N) is 3. The van der Waals surface area contributed by atoms with Crippen LogP contribution in [0.2, 0.25) is 10.0 Å². The van der Waals surface area contributed by atoms with E-state index in [2.05, 4.69) is 20.6 Å². The smallest absolute Gasteiger partial charge is 0.263 e. The number of benzene rings is 2. The molecule has 0 bridgehead atoms. The molecule has 30 heavy (non-hydrogen) atoms. The van der Waals surface area contributed by atoms with Gasteiger partial charge in [0.05, 0.1) is 15.7 Å². The van der Waals surface area contributed by atoms with Crippen LogP contribution in [0.3, 0.4) is 0 Å². The van der Waals surface area contributed by atoms with Gasteiger partial charge in [-0.05, 0) is 37.3 Å². The summed E-state index contributed by atoms with van der Waals surface area (Å²) in [4.78, 5) is 29.1. The van der Waals surface area contributed by atoms with E-state index in [0.29, 0.717) is 20.5 Å². The molecule has 1 aliphatic rings. The number of aliphatic imine (C=N–C) groups is 1. The van der Waals surface area contributed by atoms with Gasteiger partial charge in [-0.2, -0.15) is 0 Å². The Morgan fingerprint density at radius 2 is 1.90 bits per heavy atom. The third-order valence-electron chi connectivity index (χ3n) is 3.94. The molecule has 1 atom stereocenters. The highest BCUT2D eigenvalue weighted by molar-refractivity contribution is 8.00. The van der Waals surface area contributed by atoms with Crippen molar-refractivity contribution in [1.82, 2.24) is 15.6 Å². The fourth-order valence-corrected chi connectivity index (χ4v) is 5.02. The number of hydrogen-bond acceptors (Lipinski definition) is 6. The maximum Gasteiger partial charge on any atom is 0.263 e. The first kappa shape index (κ1) is 22.4. The summed E-state index contributed by atoms with van der Waals surface area (Å²) in [5, 5.41) is 0.956. The predicted molar refractivity (Wildman–Crippen MR) is 116 cm³/mol. The number of halogens is 2. The summed E-state index contributed by atoms with van der Waals surface area (Å²) in [6.07, 6.45) is 0. The lowest BCUT2D eigenvalue weighted by atomic mass is 10.2. The molecule has 0 saturated heterocycles. The van der Waals surface area contributed by atoms with Crippen LogP contribution in [-0.2, 0) is 19.6 Å². The van der Waals surface area contributed by atoms with Gasteiger partial charge in [-0.1, -0.05) is 35.3 Å². The number of nitrogens with zero attached hydrogens (tertiary/aromatic N) is 1. The molecule has 1 heterocycles. The van der Waals surface area contributed by atoms with E-state index in [4.69, 9.17) is 23.2 Å². The number of sulfonamides is 1. The first-order chi connectivity index (χ1) is 14.2. The van der Waals surface area contributed by atoms with E-state index in [1.54, 1.807) is 36.4 Å². The molecule has 0 saturated carbocycles. The summed E-state index contributed by atoms with van der Waals surface area (Å²) in [6, 6.07) is 10.3. The second kappa shape index (κ2) is 9.25. The standard InChI is InChI=1S/C18H16Cl2N4O4S2/c1-10(21-17-12-4-2-3-5-15(12)30(27,28)24-17)18(26)23-22-16(25)9-29-14-8-11(19)6-7-13(14)20/h2-8,10H,9H2,1H3,(H,21,24)(H,22,25)(H,23,26)/t10-/m0/s1. The van der Waals surface area contributed by atoms with Crippen molar-refractivity contribution in [2.24, 2.45) is 4.99 Å². The lowest BCUT2D eigenvalue weighted by Crippen LogP contribution is -2.46. The van der Waals surface area contributed by atoms with Gasteiger partial charge in [0.25, 0.3) is 15.9 Å². The minimum Gasteiger partial charge on any atom is -0.272 e. The molecule has 1 aliphatic heterocycles. The van der Waals surface area contributed by atoms with Crippen LogP contribution in [0.1, 0.15) is 12.5 Å². The first-order valence-corrected chi connectivity index (χ1v) is 11.8. The van der Waals surface area contributed by atoms with Crippen LogP contribution in [0, 0.1) is 0 Å². The summed E-state index contributed by atoms with van der Waals surface area (Å²) < 4.78 is 26.5. The molecule has 8 nitrogen and oxygen atoms in total. The lowest BCUT2D eigenvalue weighted by molar-refractivity contribution is -0.128. The second-order valence-corrected chi connectivity index (χ2v) is 9.67. The Morgan fingerprint density at radius 1 is 1.17 bits per heavy atom. The summed E-state index contributed by atoms with van der Waals surface area (Å²) in [6.45, 7) is 1.48. The van der Waals surface area contributed by atoms with Crippen LogP contribution in [0.25, 0.3) is 0 Å². The highest BCUT2D eigenvalue weighted by Crippen LogP contribution is 2.29. The van der Waals surface area contributed by atoms with Crippen molar-refractivity contribution in [2.45, 2.75) is 22.8 Å². The van der Waals surface area contributed by atoms with Crippen molar-refractivity contribution in [1.29, 1.82) is 0 Å². The average molecular weight is 487 g/mol. The number of hydrogen-bond donors (Lipinski definition) is 3. The van der Waals surface area contributed by atoms with E-state index < -0.39 is 27.9 Å². The number of carbonyl (C=O) groups excluding carboxylic acids is 2. The fourth-order valence-electron chi connectivity index (χ4n) is 2.48. The summed E-state index contributed by atoms with van der Waals surface area (Å²) in [5.41, 5.74) is 4.94. The van der Waals surface area contributed by atoms with E-state index >= 15 is 0 Å². The lowest BCUT2D eigenvalue weighted by Gasteiger charge is -2.11. The molecule has 2 amide bonds. The molecule has 12 heteroatoms. The Balaban J connectivity index is 1.56. The maximum absolute atomic E-state index is 12.2. The van der Waals surface area contributed by atoms with Gasteiger partial charge in [-0.3, -0.25) is 30.2 Å². The maximum atomic E-state index is 12.2. The van der Waals surface area contributed by atoms with Gasteiger partial charge in [0, 0.05) is 15.5 Å². The van der Waals surface area contributed by atoms with Crippen LogP contribution in [0.5, 0.6) is 0 Å². The third kappa shape index (κ3) is 5.25. The van der Waals surface area contributed by atoms with Gasteiger partial charge in [-0.25, -0.2) is 8.42 Å². The van der Waals surface area contributed by atoms with Gasteiger partial charge < -0.3 is 0 Å². The van der Waals surface area contributed by atoms with E-state index in [0.717, 1.165) is 11.8 Å². The Morgan fingerprint density at radius 3 is 2.67 bits per heavy atom. The average Bonchev–Trinajstić information content (AvgIpc) is 2.97. The highest BCUT2D eigenvalue weighted by Gasteiger charge is 2.31. The molecule has 3 rings (SSSR count). The quantitative estimate of drug-likeness (QED) is 0.442. The molecule has 0 fully saturated rings. The third-order valence-corrected chi connectivity index (χ3v) is 7.07. The number of amidine groups is 1. The monoisotopic (exact) mass is 486 g/mol. The summed E-state index contributed by atoms with van der Waals surface area (Å²) in [5.74, 6) is -0.997. The summed E-state index contributed by atoms with van der Waals surface area (Å²) >= 11 is 13.1. The van der Waals surface area contributed by atoms with Crippen molar-refractivity contribution in [3.05, 3.63) is 58.1 Å². The Hall–Kier alpha value is -2.27. The first-order valence-electron chi connectivity index (χ1n) is 8.54. The van der Waals surface area contributed by atoms with E-state index in [1.165, 1.54) is 13.0 Å². The molecule has 0 aromatic heterocycles. The van der Waals surface area contributed by atoms with Gasteiger partial charge in [-0.15, -0.1) is 11.8 Å². The SMILES string of the molecule is C[C@H](N=C1NS(=O)(=O)c2ccccc21)C(=O)NNC(=O)CSc1cc(Cl)ccc1Cl. The topological polar surface area (TPSA) is 117 Å². The molecular formula is C18H16Cl2N4O4S2. The van der Waals surface area contributed by atoms with Crippen molar-refractivity contribution in [3.8, 4) is 0 Å². The zero-order valence-corrected chi connectivity index (χ0v) is 18.6. The van der Waals surface area contributed by atoms with Gasteiger partial charge in [0.2, 0.25) is 5.91 Å². The Kier molecular flexibility index (Phi) is 6.91. The molecule has 0 unspecified atom stereocenters. The van der Waals surface area contributed by atoms with E-state index in [-0.39, 0.29) is 16.5 Å². The zero-order valence-electron chi connectivity index (χ0n) is 15.5. The van der Waals surface area contributed by atoms with Crippen LogP contribution in [0.15, 0.2) is 57.2 Å². The minimum absolute atomic E-state index is 0.00356. The predicted octanol–water partition coefficient (Wildman–Crippen LogP) is 2.36. The second-order valence-electron chi connectivity index (χ2n) is 6.16. The molecule has 2 aromatic rings. The summed E-state index contributed by atoms with van der Waals surface area (Å²) in [7, 11) is -3.70. The van der Waals surface area contributed by atoms with Crippen molar-refractivity contribution >= 4 is 62.6 Å². The van der Waals surface area contributed by atoms with Gasteiger partial charge in [0.15, 0.2) is 0 Å². The fraction of sp³-hybridized carbons (Fsp3) is 0.167. The van der Waals surface area contributed by atoms with Gasteiger partial charge >= 0.3 is 0 Å². The molecular weight excluding hydrogens is 471 g/mol. The number of carbonyl (C=O) groups is 2. The zero-order chi connectivity index (χ0) is 21.9. The molecule has 3 N–H and O–H groups in total. The van der Waals surface area contributed by atoms with Crippen molar-refractivity contribution in [3.63, 3.8) is 0 Å². The Bertz CT molecular complexity index is 1140. The van der Waals surface area contributed by atoms with Crippen LogP contribution in [-0.4, -0.2) is 37.9 Å². The minimum atomic E-state index is -3.70. The van der Waals surface area contributed by atoms with E-state index in [1.807, 2.05) is 0 Å². The van der Waals surface area contributed by atoms with Crippen molar-refractivity contribution in [2.75, 3.05) is 5.75 Å². The van der Waals surface area contributed by atoms with Crippen molar-refractivity contribution < 1.29 is 18.0 Å². The molecule has 0 spiro atoms. The largest absolute Gasteiger partial charge is 0.272 e. The molecule has 2 aromatic carbocycles. The van der Waals surface area contributed by atoms with Crippen LogP contribution in [0.4, 0.5) is 0 Å². The normalized spacial score (nSPS) is 16.4. The van der Waals surface area contributed by atoms with E-state index in [9.17, 15) is 18.0 Å². The molecule has 158 valence electrons. The number of hydrazine groups is 1. The number of rotatable bonds is 5. The Labute approximate surface area is 187 Å². The van der Waals surface area contributed by atoms with Crippen LogP contribution < -0.4 is 15.6 Å². The molecule has 0 aliphatic carbocycles. The molecule has 0 radical (unpaired) electrons. The van der Waals surface area contributed by atoms with Gasteiger partial charge in [0.1, 0.15) is 11.9 Å².